The minimum atomic E-state index is 0.644. The van der Waals surface area contributed by atoms with Gasteiger partial charge in [-0.2, -0.15) is 5.10 Å². The summed E-state index contributed by atoms with van der Waals surface area (Å²) >= 11 is 0. The number of aromatic nitrogens is 2. The van der Waals surface area contributed by atoms with Gasteiger partial charge in [-0.1, -0.05) is 12.1 Å². The summed E-state index contributed by atoms with van der Waals surface area (Å²) in [7, 11) is 3.48. The van der Waals surface area contributed by atoms with E-state index in [4.69, 9.17) is 9.47 Å². The van der Waals surface area contributed by atoms with E-state index in [0.717, 1.165) is 43.2 Å². The van der Waals surface area contributed by atoms with E-state index in [1.54, 1.807) is 20.4 Å². The van der Waals surface area contributed by atoms with Crippen LogP contribution in [0.4, 0.5) is 0 Å². The average molecular weight is 374 g/mol. The van der Waals surface area contributed by atoms with Gasteiger partial charge in [0.05, 0.1) is 6.61 Å². The molecule has 2 N–H and O–H groups in total. The Labute approximate surface area is 161 Å². The highest BCUT2D eigenvalue weighted by molar-refractivity contribution is 5.79. The van der Waals surface area contributed by atoms with Crippen LogP contribution in [0, 0.1) is 6.92 Å². The van der Waals surface area contributed by atoms with Gasteiger partial charge in [-0.25, -0.2) is 0 Å². The number of hydrogen-bond acceptors (Lipinski definition) is 4. The Morgan fingerprint density at radius 2 is 2.11 bits per heavy atom. The molecule has 27 heavy (non-hydrogen) atoms. The average Bonchev–Trinajstić information content (AvgIpc) is 3.19. The predicted molar refractivity (Wildman–Crippen MR) is 108 cm³/mol. The Hall–Kier alpha value is -2.54. The van der Waals surface area contributed by atoms with Crippen LogP contribution in [-0.4, -0.2) is 49.7 Å². The highest BCUT2D eigenvalue weighted by Crippen LogP contribution is 2.20. The second-order valence-electron chi connectivity index (χ2n) is 6.28. The zero-order valence-electron chi connectivity index (χ0n) is 16.6. The van der Waals surface area contributed by atoms with Gasteiger partial charge in [0.15, 0.2) is 5.96 Å². The third-order valence-electron chi connectivity index (χ3n) is 4.06. The number of guanidine groups is 1. The lowest BCUT2D eigenvalue weighted by molar-refractivity contribution is 0.172. The van der Waals surface area contributed by atoms with Gasteiger partial charge in [0.2, 0.25) is 0 Å². The van der Waals surface area contributed by atoms with Gasteiger partial charge in [0.1, 0.15) is 5.75 Å². The first kappa shape index (κ1) is 20.8. The monoisotopic (exact) mass is 373 g/mol. The minimum absolute atomic E-state index is 0.644. The van der Waals surface area contributed by atoms with Gasteiger partial charge < -0.3 is 20.1 Å². The molecular weight excluding hydrogens is 342 g/mol. The van der Waals surface area contributed by atoms with Crippen molar-refractivity contribution in [3.8, 4) is 5.75 Å². The van der Waals surface area contributed by atoms with E-state index in [2.05, 4.69) is 45.8 Å². The first-order chi connectivity index (χ1) is 13.2. The standard InChI is InChI=1S/C20H31N5O2/c1-17-7-8-18(19(15-17)27-14-6-13-26-3)16-23-20(21-2)22-9-4-11-25-12-5-10-24-25/h5,7-8,10,12,15H,4,6,9,11,13-14,16H2,1-3H3,(H2,21,22,23). The lowest BCUT2D eigenvalue weighted by Gasteiger charge is -2.15. The third kappa shape index (κ3) is 7.70. The Bertz CT molecular complexity index is 686. The zero-order chi connectivity index (χ0) is 19.3. The second kappa shape index (κ2) is 12.0. The van der Waals surface area contributed by atoms with E-state index in [0.29, 0.717) is 19.8 Å². The van der Waals surface area contributed by atoms with E-state index in [9.17, 15) is 0 Å². The molecule has 0 saturated carbocycles. The van der Waals surface area contributed by atoms with E-state index in [-0.39, 0.29) is 0 Å². The Morgan fingerprint density at radius 1 is 1.22 bits per heavy atom. The van der Waals surface area contributed by atoms with Crippen LogP contribution in [0.2, 0.25) is 0 Å². The van der Waals surface area contributed by atoms with Crippen molar-refractivity contribution in [2.75, 3.05) is 33.9 Å². The molecule has 1 aromatic heterocycles. The van der Waals surface area contributed by atoms with E-state index in [1.165, 1.54) is 5.56 Å². The molecule has 7 nitrogen and oxygen atoms in total. The second-order valence-corrected chi connectivity index (χ2v) is 6.28. The lowest BCUT2D eigenvalue weighted by Crippen LogP contribution is -2.37. The minimum Gasteiger partial charge on any atom is -0.493 e. The number of ether oxygens (including phenoxy) is 2. The summed E-state index contributed by atoms with van der Waals surface area (Å²) in [4.78, 5) is 4.29. The van der Waals surface area contributed by atoms with Crippen LogP contribution < -0.4 is 15.4 Å². The van der Waals surface area contributed by atoms with Crippen molar-refractivity contribution in [2.24, 2.45) is 4.99 Å². The Kier molecular flexibility index (Phi) is 9.20. The van der Waals surface area contributed by atoms with Crippen LogP contribution in [0.1, 0.15) is 24.0 Å². The molecule has 1 heterocycles. The number of benzene rings is 1. The van der Waals surface area contributed by atoms with Crippen molar-refractivity contribution in [1.82, 2.24) is 20.4 Å². The highest BCUT2D eigenvalue weighted by Gasteiger charge is 2.06. The molecule has 0 amide bonds. The van der Waals surface area contributed by atoms with E-state index < -0.39 is 0 Å². The van der Waals surface area contributed by atoms with Crippen molar-refractivity contribution >= 4 is 5.96 Å². The van der Waals surface area contributed by atoms with Gasteiger partial charge in [-0.3, -0.25) is 9.67 Å². The summed E-state index contributed by atoms with van der Waals surface area (Å²) in [6.07, 6.45) is 5.61. The smallest absolute Gasteiger partial charge is 0.191 e. The molecule has 0 aliphatic heterocycles. The first-order valence-electron chi connectivity index (χ1n) is 9.36. The Balaban J connectivity index is 1.78. The third-order valence-corrected chi connectivity index (χ3v) is 4.06. The molecule has 0 spiro atoms. The molecule has 0 bridgehead atoms. The molecule has 0 aliphatic carbocycles. The molecule has 0 atom stereocenters. The first-order valence-corrected chi connectivity index (χ1v) is 9.36. The molecule has 0 radical (unpaired) electrons. The van der Waals surface area contributed by atoms with Gasteiger partial charge in [-0.15, -0.1) is 0 Å². The quantitative estimate of drug-likeness (QED) is 0.359. The summed E-state index contributed by atoms with van der Waals surface area (Å²) in [6.45, 7) is 5.78. The van der Waals surface area contributed by atoms with Crippen LogP contribution >= 0.6 is 0 Å². The highest BCUT2D eigenvalue weighted by atomic mass is 16.5. The fourth-order valence-electron chi connectivity index (χ4n) is 2.61. The summed E-state index contributed by atoms with van der Waals surface area (Å²) < 4.78 is 12.9. The fourth-order valence-corrected chi connectivity index (χ4v) is 2.61. The van der Waals surface area contributed by atoms with Crippen LogP contribution in [0.5, 0.6) is 5.75 Å². The van der Waals surface area contributed by atoms with Gasteiger partial charge in [0, 0.05) is 64.8 Å². The van der Waals surface area contributed by atoms with Crippen LogP contribution in [0.25, 0.3) is 0 Å². The fraction of sp³-hybridized carbons (Fsp3) is 0.500. The summed E-state index contributed by atoms with van der Waals surface area (Å²) in [5, 5.41) is 10.9. The van der Waals surface area contributed by atoms with Gasteiger partial charge in [0.25, 0.3) is 0 Å². The SMILES string of the molecule is CN=C(NCCCn1cccn1)NCc1ccc(C)cc1OCCCOC. The molecule has 0 aliphatic rings. The normalized spacial score (nSPS) is 11.4. The maximum atomic E-state index is 5.94. The maximum absolute atomic E-state index is 5.94. The molecule has 2 aromatic rings. The van der Waals surface area contributed by atoms with Crippen molar-refractivity contribution in [1.29, 1.82) is 0 Å². The molecule has 0 saturated heterocycles. The summed E-state index contributed by atoms with van der Waals surface area (Å²) in [6, 6.07) is 8.20. The number of aryl methyl sites for hydroxylation is 2. The van der Waals surface area contributed by atoms with Crippen molar-refractivity contribution in [3.63, 3.8) is 0 Å². The number of nitrogens with zero attached hydrogens (tertiary/aromatic N) is 3. The topological polar surface area (TPSA) is 72.7 Å². The van der Waals surface area contributed by atoms with E-state index >= 15 is 0 Å². The molecule has 2 rings (SSSR count). The van der Waals surface area contributed by atoms with Crippen molar-refractivity contribution < 1.29 is 9.47 Å². The number of hydrogen-bond donors (Lipinski definition) is 2. The van der Waals surface area contributed by atoms with Gasteiger partial charge in [-0.05, 0) is 31.0 Å². The lowest BCUT2D eigenvalue weighted by atomic mass is 10.1. The summed E-state index contributed by atoms with van der Waals surface area (Å²) in [5.41, 5.74) is 2.29. The number of methoxy groups -OCH3 is 1. The zero-order valence-corrected chi connectivity index (χ0v) is 16.6. The molecule has 0 unspecified atom stereocenters. The largest absolute Gasteiger partial charge is 0.493 e. The number of nitrogens with one attached hydrogen (secondary N) is 2. The van der Waals surface area contributed by atoms with Crippen molar-refractivity contribution in [2.45, 2.75) is 32.9 Å². The molecular formula is C20H31N5O2. The molecule has 7 heteroatoms. The molecule has 1 aromatic carbocycles. The predicted octanol–water partition coefficient (Wildman–Crippen LogP) is 2.36. The Morgan fingerprint density at radius 3 is 2.85 bits per heavy atom. The van der Waals surface area contributed by atoms with Crippen LogP contribution in [0.15, 0.2) is 41.7 Å². The van der Waals surface area contributed by atoms with Crippen molar-refractivity contribution in [3.05, 3.63) is 47.8 Å². The number of aliphatic imine (C=N–C) groups is 1. The summed E-state index contributed by atoms with van der Waals surface area (Å²) in [5.74, 6) is 1.69. The van der Waals surface area contributed by atoms with Crippen LogP contribution in [0.3, 0.4) is 0 Å². The van der Waals surface area contributed by atoms with Crippen LogP contribution in [-0.2, 0) is 17.8 Å². The van der Waals surface area contributed by atoms with Gasteiger partial charge >= 0.3 is 0 Å². The number of rotatable bonds is 11. The van der Waals surface area contributed by atoms with E-state index in [1.807, 2.05) is 16.9 Å². The maximum Gasteiger partial charge on any atom is 0.191 e. The molecule has 148 valence electrons. The molecule has 0 fully saturated rings.